The number of carboxylic acids is 1. The van der Waals surface area contributed by atoms with Crippen LogP contribution in [0.4, 0.5) is 0 Å². The fraction of sp³-hybridized carbons (Fsp3) is 0. The van der Waals surface area contributed by atoms with E-state index in [1.165, 1.54) is 12.1 Å². The Morgan fingerprint density at radius 1 is 1.19 bits per heavy atom. The maximum atomic E-state index is 11.0. The lowest BCUT2D eigenvalue weighted by atomic mass is 10.2. The van der Waals surface area contributed by atoms with Gasteiger partial charge >= 0.3 is 12.0 Å². The number of halogens is 1. The zero-order valence-corrected chi connectivity index (χ0v) is 11.4. The maximum absolute atomic E-state index is 11.0. The second kappa shape index (κ2) is 5.38. The van der Waals surface area contributed by atoms with E-state index in [2.05, 4.69) is 9.97 Å². The SMILES string of the molecule is O=C(O)c1cc(Oc2ncc3ccccc3n2)ccc1Cl. The number of rotatable bonds is 3. The molecule has 0 aliphatic heterocycles. The van der Waals surface area contributed by atoms with Crippen molar-refractivity contribution < 1.29 is 14.6 Å². The number of ether oxygens (including phenoxy) is 1. The molecule has 0 saturated carbocycles. The summed E-state index contributed by atoms with van der Waals surface area (Å²) in [7, 11) is 0. The van der Waals surface area contributed by atoms with Crippen molar-refractivity contribution in [2.24, 2.45) is 0 Å². The number of nitrogens with zero attached hydrogens (tertiary/aromatic N) is 2. The molecule has 0 aliphatic rings. The lowest BCUT2D eigenvalue weighted by molar-refractivity contribution is 0.0696. The van der Waals surface area contributed by atoms with Gasteiger partial charge in [0.1, 0.15) is 5.75 Å². The van der Waals surface area contributed by atoms with Gasteiger partial charge in [-0.1, -0.05) is 29.8 Å². The average Bonchev–Trinajstić information content (AvgIpc) is 2.49. The minimum atomic E-state index is -1.12. The molecule has 0 saturated heterocycles. The summed E-state index contributed by atoms with van der Waals surface area (Å²) in [6.45, 7) is 0. The van der Waals surface area contributed by atoms with Crippen LogP contribution in [0.5, 0.6) is 11.8 Å². The van der Waals surface area contributed by atoms with Gasteiger partial charge in [-0.3, -0.25) is 0 Å². The summed E-state index contributed by atoms with van der Waals surface area (Å²) in [6, 6.07) is 12.0. The van der Waals surface area contributed by atoms with Crippen LogP contribution in [0.25, 0.3) is 10.9 Å². The number of fused-ring (bicyclic) bond motifs is 1. The number of hydrogen-bond acceptors (Lipinski definition) is 4. The van der Waals surface area contributed by atoms with E-state index in [1.54, 1.807) is 12.3 Å². The molecular formula is C15H9ClN2O3. The van der Waals surface area contributed by atoms with Crippen LogP contribution in [-0.2, 0) is 0 Å². The smallest absolute Gasteiger partial charge is 0.337 e. The summed E-state index contributed by atoms with van der Waals surface area (Å²) in [4.78, 5) is 19.4. The van der Waals surface area contributed by atoms with Crippen LogP contribution in [0.3, 0.4) is 0 Å². The van der Waals surface area contributed by atoms with Gasteiger partial charge in [0.25, 0.3) is 0 Å². The Morgan fingerprint density at radius 3 is 2.81 bits per heavy atom. The maximum Gasteiger partial charge on any atom is 0.337 e. The fourth-order valence-electron chi connectivity index (χ4n) is 1.84. The number of aromatic carboxylic acids is 1. The van der Waals surface area contributed by atoms with E-state index >= 15 is 0 Å². The van der Waals surface area contributed by atoms with E-state index in [1.807, 2.05) is 24.3 Å². The van der Waals surface area contributed by atoms with E-state index in [0.717, 1.165) is 10.9 Å². The molecule has 0 fully saturated rings. The standard InChI is InChI=1S/C15H9ClN2O3/c16-12-6-5-10(7-11(12)14(19)20)21-15-17-8-9-3-1-2-4-13(9)18-15/h1-8H,(H,19,20). The predicted molar refractivity (Wildman–Crippen MR) is 78.0 cm³/mol. The molecule has 0 aliphatic carbocycles. The topological polar surface area (TPSA) is 72.3 Å². The molecule has 3 aromatic rings. The fourth-order valence-corrected chi connectivity index (χ4v) is 2.04. The van der Waals surface area contributed by atoms with Gasteiger partial charge < -0.3 is 9.84 Å². The van der Waals surface area contributed by atoms with Crippen molar-refractivity contribution in [1.82, 2.24) is 9.97 Å². The number of carbonyl (C=O) groups is 1. The van der Waals surface area contributed by atoms with Crippen molar-refractivity contribution in [2.75, 3.05) is 0 Å². The Balaban J connectivity index is 1.94. The number of aromatic nitrogens is 2. The third kappa shape index (κ3) is 2.78. The largest absolute Gasteiger partial charge is 0.478 e. The van der Waals surface area contributed by atoms with Gasteiger partial charge in [-0.05, 0) is 24.3 Å². The predicted octanol–water partition coefficient (Wildman–Crippen LogP) is 3.77. The zero-order chi connectivity index (χ0) is 14.8. The lowest BCUT2D eigenvalue weighted by Crippen LogP contribution is -1.99. The van der Waals surface area contributed by atoms with Crippen molar-refractivity contribution in [1.29, 1.82) is 0 Å². The molecular weight excluding hydrogens is 292 g/mol. The van der Waals surface area contributed by atoms with E-state index < -0.39 is 5.97 Å². The van der Waals surface area contributed by atoms with Crippen LogP contribution in [-0.4, -0.2) is 21.0 Å². The third-order valence-corrected chi connectivity index (χ3v) is 3.17. The normalized spacial score (nSPS) is 10.5. The van der Waals surface area contributed by atoms with Gasteiger partial charge in [0, 0.05) is 11.6 Å². The highest BCUT2D eigenvalue weighted by Gasteiger charge is 2.11. The van der Waals surface area contributed by atoms with Crippen LogP contribution in [0.2, 0.25) is 5.02 Å². The van der Waals surface area contributed by atoms with Crippen LogP contribution in [0.15, 0.2) is 48.7 Å². The van der Waals surface area contributed by atoms with Gasteiger partial charge in [-0.15, -0.1) is 0 Å². The molecule has 0 spiro atoms. The van der Waals surface area contributed by atoms with E-state index in [-0.39, 0.29) is 16.6 Å². The Hall–Kier alpha value is -2.66. The zero-order valence-electron chi connectivity index (χ0n) is 10.7. The van der Waals surface area contributed by atoms with Crippen molar-refractivity contribution >= 4 is 28.5 Å². The summed E-state index contributed by atoms with van der Waals surface area (Å²) in [6.07, 6.45) is 1.64. The van der Waals surface area contributed by atoms with Crippen molar-refractivity contribution in [3.63, 3.8) is 0 Å². The highest BCUT2D eigenvalue weighted by Crippen LogP contribution is 2.25. The van der Waals surface area contributed by atoms with Crippen molar-refractivity contribution in [3.8, 4) is 11.8 Å². The first-order valence-electron chi connectivity index (χ1n) is 6.06. The molecule has 1 heterocycles. The molecule has 21 heavy (non-hydrogen) atoms. The highest BCUT2D eigenvalue weighted by molar-refractivity contribution is 6.33. The van der Waals surface area contributed by atoms with E-state index in [9.17, 15) is 4.79 Å². The molecule has 104 valence electrons. The molecule has 0 amide bonds. The summed E-state index contributed by atoms with van der Waals surface area (Å²) < 4.78 is 5.49. The molecule has 0 unspecified atom stereocenters. The Bertz CT molecular complexity index is 836. The molecule has 1 aromatic heterocycles. The lowest BCUT2D eigenvalue weighted by Gasteiger charge is -2.06. The Morgan fingerprint density at radius 2 is 2.00 bits per heavy atom. The number of benzene rings is 2. The number of carboxylic acid groups (broad SMARTS) is 1. The van der Waals surface area contributed by atoms with Gasteiger partial charge in [-0.2, -0.15) is 4.98 Å². The molecule has 6 heteroatoms. The first kappa shape index (κ1) is 13.3. The van der Waals surface area contributed by atoms with E-state index in [4.69, 9.17) is 21.4 Å². The first-order valence-corrected chi connectivity index (χ1v) is 6.44. The quantitative estimate of drug-likeness (QED) is 0.797. The highest BCUT2D eigenvalue weighted by atomic mass is 35.5. The van der Waals surface area contributed by atoms with Gasteiger partial charge in [0.2, 0.25) is 0 Å². The Labute approximate surface area is 124 Å². The third-order valence-electron chi connectivity index (χ3n) is 2.84. The van der Waals surface area contributed by atoms with Crippen molar-refractivity contribution in [3.05, 3.63) is 59.2 Å². The molecule has 3 rings (SSSR count). The van der Waals surface area contributed by atoms with Gasteiger partial charge in [-0.25, -0.2) is 9.78 Å². The molecule has 2 aromatic carbocycles. The summed E-state index contributed by atoms with van der Waals surface area (Å²) in [5.74, 6) is -0.808. The summed E-state index contributed by atoms with van der Waals surface area (Å²) in [5, 5.41) is 10.1. The number of hydrogen-bond donors (Lipinski definition) is 1. The molecule has 0 bridgehead atoms. The van der Waals surface area contributed by atoms with Gasteiger partial charge in [0.15, 0.2) is 0 Å². The van der Waals surface area contributed by atoms with Crippen LogP contribution in [0.1, 0.15) is 10.4 Å². The monoisotopic (exact) mass is 300 g/mol. The molecule has 1 N–H and O–H groups in total. The van der Waals surface area contributed by atoms with Crippen LogP contribution >= 0.6 is 11.6 Å². The molecule has 5 nitrogen and oxygen atoms in total. The van der Waals surface area contributed by atoms with Gasteiger partial charge in [0.05, 0.1) is 16.1 Å². The summed E-state index contributed by atoms with van der Waals surface area (Å²) >= 11 is 5.80. The average molecular weight is 301 g/mol. The minimum absolute atomic E-state index is 0.0324. The first-order chi connectivity index (χ1) is 10.1. The molecule has 0 atom stereocenters. The Kier molecular flexibility index (Phi) is 3.41. The minimum Gasteiger partial charge on any atom is -0.478 e. The summed E-state index contributed by atoms with van der Waals surface area (Å²) in [5.41, 5.74) is 0.713. The van der Waals surface area contributed by atoms with E-state index in [0.29, 0.717) is 5.75 Å². The second-order valence-corrected chi connectivity index (χ2v) is 4.67. The number of para-hydroxylation sites is 1. The van der Waals surface area contributed by atoms with Crippen LogP contribution in [0, 0.1) is 0 Å². The van der Waals surface area contributed by atoms with Crippen molar-refractivity contribution in [2.45, 2.75) is 0 Å². The second-order valence-electron chi connectivity index (χ2n) is 4.26. The van der Waals surface area contributed by atoms with Crippen LogP contribution < -0.4 is 4.74 Å². The molecule has 0 radical (unpaired) electrons.